The summed E-state index contributed by atoms with van der Waals surface area (Å²) in [6, 6.07) is 0. The first-order valence-electron chi connectivity index (χ1n) is 28.7. The molecule has 6 nitrogen and oxygen atoms in total. The minimum Gasteiger partial charge on any atom is -0.462 e. The Morgan fingerprint density at radius 2 is 0.549 bits per heavy atom. The first-order valence-corrected chi connectivity index (χ1v) is 28.7. The van der Waals surface area contributed by atoms with Crippen molar-refractivity contribution in [1.82, 2.24) is 0 Å². The van der Waals surface area contributed by atoms with Gasteiger partial charge in [-0.25, -0.2) is 0 Å². The van der Waals surface area contributed by atoms with Gasteiger partial charge in [-0.2, -0.15) is 0 Å². The molecule has 1 unspecified atom stereocenters. The fourth-order valence-corrected chi connectivity index (χ4v) is 7.41. The van der Waals surface area contributed by atoms with Gasteiger partial charge in [0.1, 0.15) is 13.2 Å². The number of hydrogen-bond acceptors (Lipinski definition) is 6. The maximum atomic E-state index is 12.8. The monoisotopic (exact) mass is 981 g/mol. The number of ether oxygens (including phenoxy) is 3. The lowest BCUT2D eigenvalue weighted by molar-refractivity contribution is -0.167. The average molecular weight is 982 g/mol. The molecule has 0 spiro atoms. The highest BCUT2D eigenvalue weighted by Crippen LogP contribution is 2.14. The Morgan fingerprint density at radius 3 is 0.873 bits per heavy atom. The lowest BCUT2D eigenvalue weighted by Gasteiger charge is -2.18. The highest BCUT2D eigenvalue weighted by atomic mass is 16.6. The van der Waals surface area contributed by atoms with Crippen LogP contribution in [0.25, 0.3) is 0 Å². The third-order valence-corrected chi connectivity index (χ3v) is 11.7. The van der Waals surface area contributed by atoms with Crippen molar-refractivity contribution in [3.63, 3.8) is 0 Å². The summed E-state index contributed by atoms with van der Waals surface area (Å²) in [7, 11) is 0. The molecular formula is C65H104O6. The maximum Gasteiger partial charge on any atom is 0.306 e. The highest BCUT2D eigenvalue weighted by molar-refractivity contribution is 5.71. The first kappa shape index (κ1) is 66.6. The fraction of sp³-hybridized carbons (Fsp3) is 0.615. The molecule has 0 aromatic rings. The Balaban J connectivity index is 4.26. The zero-order valence-corrected chi connectivity index (χ0v) is 45.7. The van der Waals surface area contributed by atoms with Gasteiger partial charge in [-0.3, -0.25) is 14.4 Å². The fourth-order valence-electron chi connectivity index (χ4n) is 7.41. The molecule has 0 aromatic carbocycles. The second-order valence-electron chi connectivity index (χ2n) is 18.4. The van der Waals surface area contributed by atoms with Crippen LogP contribution in [0.3, 0.4) is 0 Å². The smallest absolute Gasteiger partial charge is 0.306 e. The number of unbranched alkanes of at least 4 members (excludes halogenated alkanes) is 17. The van der Waals surface area contributed by atoms with Gasteiger partial charge < -0.3 is 14.2 Å². The molecule has 0 aliphatic heterocycles. The van der Waals surface area contributed by atoms with E-state index in [9.17, 15) is 14.4 Å². The van der Waals surface area contributed by atoms with Crippen LogP contribution in [0.4, 0.5) is 0 Å². The maximum absolute atomic E-state index is 12.8. The van der Waals surface area contributed by atoms with Crippen LogP contribution in [0.15, 0.2) is 134 Å². The molecule has 0 aliphatic rings. The molecule has 1 atom stereocenters. The molecule has 0 heterocycles. The summed E-state index contributed by atoms with van der Waals surface area (Å²) in [6.07, 6.45) is 81.7. The molecular weight excluding hydrogens is 877 g/mol. The van der Waals surface area contributed by atoms with Gasteiger partial charge >= 0.3 is 17.9 Å². The van der Waals surface area contributed by atoms with Crippen LogP contribution in [-0.4, -0.2) is 37.2 Å². The SMILES string of the molecule is CC/C=C\C/C=C\C/C=C\C/C=C\C/C=C\C/C=C\C/C=C\C/C=C\CCCCCCCCC(=O)OCC(COC(=O)CCCCCCCCCCC)OC(=O)CCCCC/C=C\C/C=C\C/C=C\CC. The topological polar surface area (TPSA) is 78.9 Å². The van der Waals surface area contributed by atoms with E-state index in [1.54, 1.807) is 0 Å². The highest BCUT2D eigenvalue weighted by Gasteiger charge is 2.19. The molecule has 0 radical (unpaired) electrons. The molecule has 0 rings (SSSR count). The predicted molar refractivity (Wildman–Crippen MR) is 306 cm³/mol. The van der Waals surface area contributed by atoms with Crippen LogP contribution >= 0.6 is 0 Å². The molecule has 0 N–H and O–H groups in total. The summed E-state index contributed by atoms with van der Waals surface area (Å²) in [5, 5.41) is 0. The molecule has 0 amide bonds. The van der Waals surface area contributed by atoms with Crippen molar-refractivity contribution in [2.45, 2.75) is 245 Å². The van der Waals surface area contributed by atoms with E-state index in [0.29, 0.717) is 12.8 Å². The molecule has 0 saturated heterocycles. The van der Waals surface area contributed by atoms with E-state index < -0.39 is 6.10 Å². The van der Waals surface area contributed by atoms with Crippen molar-refractivity contribution in [2.75, 3.05) is 13.2 Å². The summed E-state index contributed by atoms with van der Waals surface area (Å²) in [5.41, 5.74) is 0. The molecule has 0 bridgehead atoms. The van der Waals surface area contributed by atoms with Gasteiger partial charge in [-0.15, -0.1) is 0 Å². The Labute approximate surface area is 436 Å². The Hall–Kier alpha value is -4.45. The van der Waals surface area contributed by atoms with Crippen LogP contribution in [0.1, 0.15) is 239 Å². The molecule has 0 saturated carbocycles. The summed E-state index contributed by atoms with van der Waals surface area (Å²) < 4.78 is 16.7. The van der Waals surface area contributed by atoms with E-state index in [1.165, 1.54) is 51.4 Å². The standard InChI is InChI=1S/C65H104O6/c1-4-7-10-13-16-19-21-23-24-25-26-27-28-29-30-31-32-33-34-35-36-37-38-39-40-42-43-46-49-52-55-58-64(67)70-61-62(60-69-63(66)57-54-51-48-45-18-15-12-9-6-3)71-65(68)59-56-53-50-47-44-41-22-20-17-14-11-8-5-2/h7-8,10-11,16-17,19-20,23-24,26-27,29-30,32-33,35-36,38-39,41,44,62H,4-6,9,12-15,18,21-22,25,28,31,34,37,40,42-43,45-61H2,1-3H3/b10-7-,11-8-,19-16-,20-17-,24-23-,27-26-,30-29-,33-32-,36-35-,39-38-,44-41-. The van der Waals surface area contributed by atoms with Gasteiger partial charge in [0.2, 0.25) is 0 Å². The Bertz CT molecular complexity index is 1550. The van der Waals surface area contributed by atoms with E-state index in [0.717, 1.165) is 148 Å². The number of esters is 3. The van der Waals surface area contributed by atoms with Crippen LogP contribution < -0.4 is 0 Å². The Kier molecular flexibility index (Phi) is 54.5. The van der Waals surface area contributed by atoms with Gasteiger partial charge in [0.15, 0.2) is 6.10 Å². The average Bonchev–Trinajstić information content (AvgIpc) is 3.37. The van der Waals surface area contributed by atoms with Crippen LogP contribution in [0.2, 0.25) is 0 Å². The lowest BCUT2D eigenvalue weighted by atomic mass is 10.1. The third-order valence-electron chi connectivity index (χ3n) is 11.7. The molecule has 0 aromatic heterocycles. The van der Waals surface area contributed by atoms with Gasteiger partial charge in [0.05, 0.1) is 0 Å². The lowest BCUT2D eigenvalue weighted by Crippen LogP contribution is -2.30. The zero-order chi connectivity index (χ0) is 51.4. The minimum atomic E-state index is -0.801. The number of carbonyl (C=O) groups is 3. The largest absolute Gasteiger partial charge is 0.462 e. The molecule has 0 aliphatic carbocycles. The van der Waals surface area contributed by atoms with Crippen molar-refractivity contribution in [3.05, 3.63) is 134 Å². The van der Waals surface area contributed by atoms with Gasteiger partial charge in [-0.1, -0.05) is 238 Å². The van der Waals surface area contributed by atoms with Crippen LogP contribution in [0, 0.1) is 0 Å². The van der Waals surface area contributed by atoms with Gasteiger partial charge in [-0.05, 0) is 116 Å². The van der Waals surface area contributed by atoms with E-state index in [2.05, 4.69) is 154 Å². The van der Waals surface area contributed by atoms with Gasteiger partial charge in [0.25, 0.3) is 0 Å². The van der Waals surface area contributed by atoms with Crippen molar-refractivity contribution >= 4 is 17.9 Å². The van der Waals surface area contributed by atoms with Crippen molar-refractivity contribution in [3.8, 4) is 0 Å². The van der Waals surface area contributed by atoms with Crippen LogP contribution in [0.5, 0.6) is 0 Å². The quantitative estimate of drug-likeness (QED) is 0.0262. The van der Waals surface area contributed by atoms with Crippen molar-refractivity contribution in [2.24, 2.45) is 0 Å². The summed E-state index contributed by atoms with van der Waals surface area (Å²) in [4.78, 5) is 38.0. The minimum absolute atomic E-state index is 0.0969. The number of rotatable bonds is 50. The summed E-state index contributed by atoms with van der Waals surface area (Å²) in [6.45, 7) is 6.34. The summed E-state index contributed by atoms with van der Waals surface area (Å²) in [5.74, 6) is -0.951. The predicted octanol–water partition coefficient (Wildman–Crippen LogP) is 19.4. The Morgan fingerprint density at radius 1 is 0.296 bits per heavy atom. The number of carbonyl (C=O) groups excluding carboxylic acids is 3. The first-order chi connectivity index (χ1) is 35.0. The number of allylic oxidation sites excluding steroid dienone is 22. The molecule has 6 heteroatoms. The zero-order valence-electron chi connectivity index (χ0n) is 45.7. The van der Waals surface area contributed by atoms with Crippen molar-refractivity contribution < 1.29 is 28.6 Å². The van der Waals surface area contributed by atoms with Gasteiger partial charge in [0, 0.05) is 19.3 Å². The normalized spacial score (nSPS) is 13.1. The van der Waals surface area contributed by atoms with E-state index in [1.807, 2.05) is 0 Å². The van der Waals surface area contributed by atoms with E-state index in [4.69, 9.17) is 14.2 Å². The van der Waals surface area contributed by atoms with Crippen molar-refractivity contribution in [1.29, 1.82) is 0 Å². The van der Waals surface area contributed by atoms with E-state index in [-0.39, 0.29) is 37.5 Å². The van der Waals surface area contributed by atoms with E-state index >= 15 is 0 Å². The molecule has 71 heavy (non-hydrogen) atoms. The summed E-state index contributed by atoms with van der Waals surface area (Å²) >= 11 is 0. The second-order valence-corrected chi connectivity index (χ2v) is 18.4. The third kappa shape index (κ3) is 56.3. The molecule has 0 fully saturated rings. The molecule has 400 valence electrons. The second kappa shape index (κ2) is 58.1. The number of hydrogen-bond donors (Lipinski definition) is 0. The van der Waals surface area contributed by atoms with Crippen LogP contribution in [-0.2, 0) is 28.6 Å².